The van der Waals surface area contributed by atoms with E-state index in [1.807, 2.05) is 6.07 Å². The van der Waals surface area contributed by atoms with Crippen LogP contribution in [0.15, 0.2) is 30.3 Å². The molecule has 1 saturated carbocycles. The summed E-state index contributed by atoms with van der Waals surface area (Å²) in [5.74, 6) is -1.93. The van der Waals surface area contributed by atoms with Gasteiger partial charge in [-0.3, -0.25) is 4.79 Å². The molecule has 6 atom stereocenters. The zero-order valence-corrected chi connectivity index (χ0v) is 19.9. The third-order valence-electron chi connectivity index (χ3n) is 7.01. The lowest BCUT2D eigenvalue weighted by Crippen LogP contribution is -2.61. The average Bonchev–Trinajstić information content (AvgIpc) is 2.84. The van der Waals surface area contributed by atoms with Crippen molar-refractivity contribution in [2.45, 2.75) is 82.7 Å². The number of ether oxygens (including phenoxy) is 2. The molecule has 4 unspecified atom stereocenters. The monoisotopic (exact) mass is 493 g/mol. The van der Waals surface area contributed by atoms with Gasteiger partial charge in [0.15, 0.2) is 6.10 Å². The molecule has 1 heterocycles. The van der Waals surface area contributed by atoms with Gasteiger partial charge in [0.2, 0.25) is 12.2 Å². The van der Waals surface area contributed by atoms with Gasteiger partial charge in [-0.15, -0.1) is 0 Å². The third-order valence-corrected chi connectivity index (χ3v) is 7.01. The Morgan fingerprint density at radius 2 is 1.63 bits per heavy atom. The maximum Gasteiger partial charge on any atom is 0.335 e. The van der Waals surface area contributed by atoms with Crippen molar-refractivity contribution in [2.24, 2.45) is 17.8 Å². The summed E-state index contributed by atoms with van der Waals surface area (Å²) in [4.78, 5) is 37.4. The van der Waals surface area contributed by atoms with Crippen molar-refractivity contribution in [3.63, 3.8) is 0 Å². The van der Waals surface area contributed by atoms with Crippen LogP contribution in [0.1, 0.15) is 45.1 Å². The molecule has 1 saturated heterocycles. The van der Waals surface area contributed by atoms with E-state index in [2.05, 4.69) is 19.2 Å². The number of carbonyl (C=O) groups excluding carboxylic acids is 2. The summed E-state index contributed by atoms with van der Waals surface area (Å²) < 4.78 is 10.3. The fourth-order valence-electron chi connectivity index (χ4n) is 4.73. The van der Waals surface area contributed by atoms with Crippen LogP contribution in [0.4, 0.5) is 0 Å². The molecule has 10 nitrogen and oxygen atoms in total. The number of hydrogen-bond acceptors (Lipinski definition) is 8. The van der Waals surface area contributed by atoms with Gasteiger partial charge in [-0.2, -0.15) is 0 Å². The number of benzene rings is 1. The molecule has 35 heavy (non-hydrogen) atoms. The topological polar surface area (TPSA) is 163 Å². The minimum absolute atomic E-state index is 0.100. The maximum atomic E-state index is 13.1. The molecule has 1 aromatic carbocycles. The van der Waals surface area contributed by atoms with Crippen LogP contribution < -0.4 is 5.32 Å². The van der Waals surface area contributed by atoms with E-state index in [1.54, 1.807) is 24.3 Å². The molecule has 2 aliphatic rings. The fraction of sp³-hybridized carbons (Fsp3) is 0.640. The Bertz CT molecular complexity index is 869. The van der Waals surface area contributed by atoms with Crippen molar-refractivity contribution in [1.29, 1.82) is 0 Å². The van der Waals surface area contributed by atoms with Crippen molar-refractivity contribution in [3.05, 3.63) is 35.9 Å². The van der Waals surface area contributed by atoms with Crippen molar-refractivity contribution in [3.8, 4) is 0 Å². The highest BCUT2D eigenvalue weighted by Gasteiger charge is 2.49. The van der Waals surface area contributed by atoms with Crippen molar-refractivity contribution in [2.75, 3.05) is 0 Å². The summed E-state index contributed by atoms with van der Waals surface area (Å²) in [5, 5.41) is 42.0. The number of rotatable bonds is 8. The first-order chi connectivity index (χ1) is 16.6. The van der Waals surface area contributed by atoms with Crippen molar-refractivity contribution >= 4 is 17.8 Å². The zero-order chi connectivity index (χ0) is 25.7. The van der Waals surface area contributed by atoms with Crippen LogP contribution in [0.25, 0.3) is 0 Å². The number of aliphatic hydroxyl groups is 3. The quantitative estimate of drug-likeness (QED) is 0.327. The first kappa shape index (κ1) is 27.1. The largest absolute Gasteiger partial charge is 0.479 e. The molecule has 1 amide bonds. The highest BCUT2D eigenvalue weighted by molar-refractivity contribution is 5.86. The second kappa shape index (κ2) is 11.9. The molecule has 3 rings (SSSR count). The van der Waals surface area contributed by atoms with E-state index >= 15 is 0 Å². The van der Waals surface area contributed by atoms with Crippen LogP contribution in [0.3, 0.4) is 0 Å². The lowest BCUT2D eigenvalue weighted by Gasteiger charge is -2.38. The Balaban J connectivity index is 1.71. The lowest BCUT2D eigenvalue weighted by molar-refractivity contribution is -0.286. The Labute approximate surface area is 204 Å². The van der Waals surface area contributed by atoms with Gasteiger partial charge in [0.1, 0.15) is 24.4 Å². The zero-order valence-electron chi connectivity index (χ0n) is 19.9. The number of amides is 1. The minimum Gasteiger partial charge on any atom is -0.479 e. The fourth-order valence-corrected chi connectivity index (χ4v) is 4.73. The molecular formula is C25H35NO9. The van der Waals surface area contributed by atoms with E-state index in [1.165, 1.54) is 0 Å². The number of hydrogen-bond donors (Lipinski definition) is 5. The predicted octanol–water partition coefficient (Wildman–Crippen LogP) is 0.612. The Morgan fingerprint density at radius 3 is 2.20 bits per heavy atom. The summed E-state index contributed by atoms with van der Waals surface area (Å²) in [7, 11) is 0. The van der Waals surface area contributed by atoms with Crippen LogP contribution in [-0.4, -0.2) is 75.0 Å². The summed E-state index contributed by atoms with van der Waals surface area (Å²) in [6.45, 7) is 4.34. The summed E-state index contributed by atoms with van der Waals surface area (Å²) in [6.07, 6.45) is -6.01. The van der Waals surface area contributed by atoms with Gasteiger partial charge in [0.05, 0.1) is 0 Å². The average molecular weight is 494 g/mol. The number of aliphatic hydroxyl groups excluding tert-OH is 3. The first-order valence-corrected chi connectivity index (χ1v) is 12.1. The van der Waals surface area contributed by atoms with Crippen LogP contribution in [0.2, 0.25) is 0 Å². The Morgan fingerprint density at radius 1 is 1.00 bits per heavy atom. The number of aliphatic carboxylic acids is 1. The van der Waals surface area contributed by atoms with Crippen LogP contribution >= 0.6 is 0 Å². The normalized spacial score (nSPS) is 32.0. The number of carboxylic acid groups (broad SMARTS) is 1. The minimum atomic E-state index is -1.90. The molecule has 0 bridgehead atoms. The van der Waals surface area contributed by atoms with E-state index in [0.717, 1.165) is 31.2 Å². The summed E-state index contributed by atoms with van der Waals surface area (Å²) in [6, 6.07) is 7.83. The van der Waals surface area contributed by atoms with E-state index in [9.17, 15) is 34.8 Å². The molecular weight excluding hydrogens is 458 g/mol. The Kier molecular flexibility index (Phi) is 9.23. The molecule has 1 aromatic rings. The van der Waals surface area contributed by atoms with E-state index in [0.29, 0.717) is 11.8 Å². The molecule has 0 spiro atoms. The van der Waals surface area contributed by atoms with E-state index < -0.39 is 48.7 Å². The second-order valence-electron chi connectivity index (χ2n) is 9.78. The van der Waals surface area contributed by atoms with Gasteiger partial charge in [-0.25, -0.2) is 9.59 Å². The molecule has 1 aliphatic carbocycles. The number of esters is 1. The van der Waals surface area contributed by atoms with E-state index in [-0.39, 0.29) is 18.2 Å². The van der Waals surface area contributed by atoms with Crippen LogP contribution in [-0.2, 0) is 30.3 Å². The maximum absolute atomic E-state index is 13.1. The van der Waals surface area contributed by atoms with Crippen LogP contribution in [0.5, 0.6) is 0 Å². The molecule has 5 N–H and O–H groups in total. The summed E-state index contributed by atoms with van der Waals surface area (Å²) in [5.41, 5.74) is 0.752. The van der Waals surface area contributed by atoms with Gasteiger partial charge in [-0.1, -0.05) is 44.2 Å². The number of nitrogens with one attached hydrogen (secondary N) is 1. The Hall–Kier alpha value is -2.53. The van der Waals surface area contributed by atoms with Gasteiger partial charge in [-0.05, 0) is 43.1 Å². The smallest absolute Gasteiger partial charge is 0.335 e. The molecule has 10 heteroatoms. The molecule has 0 aromatic heterocycles. The van der Waals surface area contributed by atoms with Gasteiger partial charge >= 0.3 is 11.9 Å². The number of carboxylic acids is 1. The van der Waals surface area contributed by atoms with Gasteiger partial charge in [0.25, 0.3) is 0 Å². The highest BCUT2D eigenvalue weighted by Crippen LogP contribution is 2.33. The van der Waals surface area contributed by atoms with Crippen molar-refractivity contribution < 1.29 is 44.3 Å². The SMILES string of the molecule is CC(C)C1CCC(C(=O)NC(Cc2ccccc2)C(=O)O[C@@H]2OC(C(=O)O)[C@@H](O)C(O)C2O)CC1. The van der Waals surface area contributed by atoms with Crippen molar-refractivity contribution in [1.82, 2.24) is 5.32 Å². The summed E-state index contributed by atoms with van der Waals surface area (Å²) >= 11 is 0. The lowest BCUT2D eigenvalue weighted by atomic mass is 9.76. The molecule has 194 valence electrons. The second-order valence-corrected chi connectivity index (χ2v) is 9.78. The van der Waals surface area contributed by atoms with E-state index in [4.69, 9.17) is 9.47 Å². The third kappa shape index (κ3) is 6.78. The standard InChI is InChI=1S/C25H35NO9/c1-13(2)15-8-10-16(11-9-15)22(30)26-17(12-14-6-4-3-5-7-14)24(33)35-25-20(29)18(27)19(28)21(34-25)23(31)32/h3-7,13,15-21,25,27-29H,8-12H2,1-2H3,(H,26,30)(H,31,32)/t15?,16?,17?,18?,19-,20?,21?,25-/m0/s1. The first-order valence-electron chi connectivity index (χ1n) is 12.1. The van der Waals surface area contributed by atoms with Gasteiger partial charge < -0.3 is 35.2 Å². The van der Waals surface area contributed by atoms with Crippen LogP contribution in [0, 0.1) is 17.8 Å². The number of carbonyl (C=O) groups is 3. The molecule has 0 radical (unpaired) electrons. The van der Waals surface area contributed by atoms with Gasteiger partial charge in [0, 0.05) is 12.3 Å². The highest BCUT2D eigenvalue weighted by atomic mass is 16.7. The molecule has 2 fully saturated rings. The molecule has 1 aliphatic heterocycles. The predicted molar refractivity (Wildman–Crippen MR) is 123 cm³/mol.